The molecular weight excluding hydrogens is 328 g/mol. The molecule has 0 radical (unpaired) electrons. The minimum Gasteiger partial charge on any atom is -0.351 e. The van der Waals surface area contributed by atoms with Crippen LogP contribution in [0.3, 0.4) is 0 Å². The highest BCUT2D eigenvalue weighted by Crippen LogP contribution is 2.18. The van der Waals surface area contributed by atoms with Crippen molar-refractivity contribution >= 4 is 28.8 Å². The van der Waals surface area contributed by atoms with Crippen LogP contribution in [0.25, 0.3) is 11.4 Å². The molecule has 0 saturated carbocycles. The molecule has 2 aromatic heterocycles. The second-order valence-electron chi connectivity index (χ2n) is 4.85. The summed E-state index contributed by atoms with van der Waals surface area (Å²) in [4.78, 5) is 24.4. The second-order valence-corrected chi connectivity index (χ2v) is 5.80. The van der Waals surface area contributed by atoms with Crippen LogP contribution in [-0.2, 0) is 4.79 Å². The maximum absolute atomic E-state index is 12.0. The number of hydrogen-bond acceptors (Lipinski definition) is 6. The Kier molecular flexibility index (Phi) is 4.92. The van der Waals surface area contributed by atoms with Crippen LogP contribution in [0.5, 0.6) is 0 Å². The zero-order valence-electron chi connectivity index (χ0n) is 12.5. The van der Waals surface area contributed by atoms with Gasteiger partial charge in [0.15, 0.2) is 0 Å². The highest BCUT2D eigenvalue weighted by Gasteiger charge is 2.09. The van der Waals surface area contributed by atoms with Crippen molar-refractivity contribution in [3.63, 3.8) is 0 Å². The molecule has 122 valence electrons. The number of nitrogens with zero attached hydrogens (tertiary/aromatic N) is 3. The molecule has 3 aromatic rings. The fourth-order valence-electron chi connectivity index (χ4n) is 2.03. The van der Waals surface area contributed by atoms with Crippen LogP contribution in [0.15, 0.2) is 41.8 Å². The molecule has 0 unspecified atom stereocenters. The maximum Gasteiger partial charge on any atom is 0.261 e. The summed E-state index contributed by atoms with van der Waals surface area (Å²) < 4.78 is 0. The van der Waals surface area contributed by atoms with Crippen molar-refractivity contribution < 1.29 is 9.59 Å². The van der Waals surface area contributed by atoms with E-state index in [2.05, 4.69) is 31.3 Å². The number of rotatable bonds is 6. The third-order valence-corrected chi connectivity index (χ3v) is 4.00. The maximum atomic E-state index is 12.0. The van der Waals surface area contributed by atoms with Gasteiger partial charge >= 0.3 is 0 Å². The topological polar surface area (TPSA) is 113 Å². The second kappa shape index (κ2) is 7.47. The number of benzene rings is 1. The van der Waals surface area contributed by atoms with E-state index in [1.165, 1.54) is 11.3 Å². The van der Waals surface area contributed by atoms with Crippen LogP contribution < -0.4 is 10.6 Å². The van der Waals surface area contributed by atoms with Gasteiger partial charge in [-0.1, -0.05) is 18.2 Å². The van der Waals surface area contributed by atoms with Gasteiger partial charge in [-0.2, -0.15) is 5.21 Å². The van der Waals surface area contributed by atoms with Crippen molar-refractivity contribution in [2.45, 2.75) is 6.42 Å². The number of thiophene rings is 1. The fraction of sp³-hybridized carbons (Fsp3) is 0.133. The Hall–Kier alpha value is -3.07. The van der Waals surface area contributed by atoms with Crippen LogP contribution in [0.2, 0.25) is 0 Å². The van der Waals surface area contributed by atoms with Crippen molar-refractivity contribution in [1.29, 1.82) is 0 Å². The molecule has 0 bridgehead atoms. The van der Waals surface area contributed by atoms with Gasteiger partial charge in [0.2, 0.25) is 11.7 Å². The van der Waals surface area contributed by atoms with Gasteiger partial charge in [-0.25, -0.2) is 0 Å². The number of aromatic nitrogens is 4. The smallest absolute Gasteiger partial charge is 0.261 e. The molecule has 0 saturated heterocycles. The fourth-order valence-corrected chi connectivity index (χ4v) is 2.67. The van der Waals surface area contributed by atoms with Gasteiger partial charge < -0.3 is 10.6 Å². The van der Waals surface area contributed by atoms with Crippen molar-refractivity contribution in [2.24, 2.45) is 0 Å². The number of tetrazole rings is 1. The van der Waals surface area contributed by atoms with E-state index in [1.54, 1.807) is 24.3 Å². The van der Waals surface area contributed by atoms with Crippen LogP contribution in [0.4, 0.5) is 5.69 Å². The Labute approximate surface area is 141 Å². The molecule has 3 rings (SSSR count). The number of H-pyrrole nitrogens is 1. The van der Waals surface area contributed by atoms with Gasteiger partial charge in [0.05, 0.1) is 4.88 Å². The van der Waals surface area contributed by atoms with Gasteiger partial charge in [-0.3, -0.25) is 9.59 Å². The third kappa shape index (κ3) is 4.02. The molecule has 3 N–H and O–H groups in total. The first-order chi connectivity index (χ1) is 11.7. The summed E-state index contributed by atoms with van der Waals surface area (Å²) in [6.07, 6.45) is 0.184. The van der Waals surface area contributed by atoms with E-state index >= 15 is 0 Å². The SMILES string of the molecule is O=C(CCNC(=O)c1cccs1)Nc1cccc(-c2nn[nH]n2)c1. The molecule has 0 spiro atoms. The molecule has 0 atom stereocenters. The Bertz CT molecular complexity index is 816. The Morgan fingerprint density at radius 2 is 2.12 bits per heavy atom. The Morgan fingerprint density at radius 3 is 2.88 bits per heavy atom. The first-order valence-electron chi connectivity index (χ1n) is 7.18. The van der Waals surface area contributed by atoms with E-state index in [-0.39, 0.29) is 24.8 Å². The molecule has 0 fully saturated rings. The highest BCUT2D eigenvalue weighted by molar-refractivity contribution is 7.12. The predicted molar refractivity (Wildman–Crippen MR) is 89.5 cm³/mol. The molecule has 1 aromatic carbocycles. The summed E-state index contributed by atoms with van der Waals surface area (Å²) in [5.74, 6) is 0.0953. The summed E-state index contributed by atoms with van der Waals surface area (Å²) >= 11 is 1.36. The van der Waals surface area contributed by atoms with Crippen LogP contribution >= 0.6 is 11.3 Å². The van der Waals surface area contributed by atoms with E-state index in [0.717, 1.165) is 5.56 Å². The number of anilines is 1. The van der Waals surface area contributed by atoms with E-state index < -0.39 is 0 Å². The van der Waals surface area contributed by atoms with Crippen molar-refractivity contribution in [3.05, 3.63) is 46.7 Å². The lowest BCUT2D eigenvalue weighted by Gasteiger charge is -2.07. The molecule has 2 heterocycles. The van der Waals surface area contributed by atoms with Crippen molar-refractivity contribution in [1.82, 2.24) is 25.9 Å². The van der Waals surface area contributed by atoms with Crippen LogP contribution in [-0.4, -0.2) is 39.0 Å². The lowest BCUT2D eigenvalue weighted by atomic mass is 10.2. The number of carbonyl (C=O) groups excluding carboxylic acids is 2. The van der Waals surface area contributed by atoms with Gasteiger partial charge in [-0.15, -0.1) is 21.5 Å². The zero-order chi connectivity index (χ0) is 16.8. The van der Waals surface area contributed by atoms with Gasteiger partial charge in [0.25, 0.3) is 5.91 Å². The molecule has 0 aliphatic rings. The standard InChI is InChI=1S/C15H14N6O2S/c22-13(6-7-16-15(23)12-5-2-8-24-12)17-11-4-1-3-10(9-11)14-18-20-21-19-14/h1-5,8-9H,6-7H2,(H,16,23)(H,17,22)(H,18,19,20,21). The first kappa shape index (κ1) is 15.8. The molecule has 9 heteroatoms. The predicted octanol–water partition coefficient (Wildman–Crippen LogP) is 1.69. The zero-order valence-corrected chi connectivity index (χ0v) is 13.3. The molecule has 2 amide bonds. The summed E-state index contributed by atoms with van der Waals surface area (Å²) in [6.45, 7) is 0.271. The van der Waals surface area contributed by atoms with Crippen LogP contribution in [0, 0.1) is 0 Å². The highest BCUT2D eigenvalue weighted by atomic mass is 32.1. The number of hydrogen-bond donors (Lipinski definition) is 3. The summed E-state index contributed by atoms with van der Waals surface area (Å²) in [5.41, 5.74) is 1.37. The van der Waals surface area contributed by atoms with Gasteiger partial charge in [0, 0.05) is 24.2 Å². The van der Waals surface area contributed by atoms with E-state index in [0.29, 0.717) is 16.4 Å². The minimum absolute atomic E-state index is 0.170. The lowest BCUT2D eigenvalue weighted by molar-refractivity contribution is -0.116. The lowest BCUT2D eigenvalue weighted by Crippen LogP contribution is -2.27. The Balaban J connectivity index is 1.50. The van der Waals surface area contributed by atoms with E-state index in [1.807, 2.05) is 17.5 Å². The average Bonchev–Trinajstić information content (AvgIpc) is 3.29. The monoisotopic (exact) mass is 342 g/mol. The molecule has 0 aliphatic heterocycles. The van der Waals surface area contributed by atoms with Crippen LogP contribution in [0.1, 0.15) is 16.1 Å². The number of carbonyl (C=O) groups is 2. The number of aromatic amines is 1. The summed E-state index contributed by atoms with van der Waals surface area (Å²) in [7, 11) is 0. The van der Waals surface area contributed by atoms with Crippen molar-refractivity contribution in [2.75, 3.05) is 11.9 Å². The molecule has 8 nitrogen and oxygen atoms in total. The quantitative estimate of drug-likeness (QED) is 0.631. The molecule has 0 aliphatic carbocycles. The van der Waals surface area contributed by atoms with Crippen molar-refractivity contribution in [3.8, 4) is 11.4 Å². The summed E-state index contributed by atoms with van der Waals surface area (Å²) in [6, 6.07) is 10.7. The average molecular weight is 342 g/mol. The summed E-state index contributed by atoms with van der Waals surface area (Å²) in [5, 5.41) is 21.0. The number of nitrogens with one attached hydrogen (secondary N) is 3. The third-order valence-electron chi connectivity index (χ3n) is 3.13. The number of amides is 2. The van der Waals surface area contributed by atoms with E-state index in [9.17, 15) is 9.59 Å². The van der Waals surface area contributed by atoms with Gasteiger partial charge in [0.1, 0.15) is 0 Å². The normalized spacial score (nSPS) is 10.3. The molecule has 24 heavy (non-hydrogen) atoms. The largest absolute Gasteiger partial charge is 0.351 e. The van der Waals surface area contributed by atoms with E-state index in [4.69, 9.17) is 0 Å². The minimum atomic E-state index is -0.188. The first-order valence-corrected chi connectivity index (χ1v) is 8.06. The Morgan fingerprint density at radius 1 is 1.21 bits per heavy atom. The van der Waals surface area contributed by atoms with Gasteiger partial charge in [-0.05, 0) is 28.8 Å². The molecular formula is C15H14N6O2S.